The lowest BCUT2D eigenvalue weighted by molar-refractivity contribution is 0.172. The molecule has 0 spiro atoms. The van der Waals surface area contributed by atoms with Crippen LogP contribution in [0.1, 0.15) is 45.2 Å². The first-order valence-corrected chi connectivity index (χ1v) is 11.8. The number of aryl methyl sites for hydroxylation is 1. The number of nitrogens with zero attached hydrogens (tertiary/aromatic N) is 2. The van der Waals surface area contributed by atoms with Gasteiger partial charge in [0.1, 0.15) is 11.4 Å². The molecule has 1 aromatic heterocycles. The molecule has 0 fully saturated rings. The average molecular weight is 346 g/mol. The molecular formula is C14H27N3O3SSi. The van der Waals surface area contributed by atoms with Gasteiger partial charge in [-0.2, -0.15) is 0 Å². The Morgan fingerprint density at radius 2 is 1.68 bits per heavy atom. The number of nitrogens with two attached hydrogens (primary N) is 1. The van der Waals surface area contributed by atoms with E-state index in [1.54, 1.807) is 12.4 Å². The maximum Gasteiger partial charge on any atom is 0.214 e. The minimum atomic E-state index is -3.76. The number of primary sulfonamides is 1. The quantitative estimate of drug-likeness (QED) is 0.827. The Labute approximate surface area is 134 Å². The van der Waals surface area contributed by atoms with Crippen LogP contribution in [0.3, 0.4) is 0 Å². The van der Waals surface area contributed by atoms with Crippen LogP contribution in [0.5, 0.6) is 0 Å². The van der Waals surface area contributed by atoms with Crippen molar-refractivity contribution >= 4 is 18.3 Å². The second-order valence-corrected chi connectivity index (χ2v) is 13.9. The minimum absolute atomic E-state index is 0.0615. The van der Waals surface area contributed by atoms with E-state index < -0.39 is 29.7 Å². The third-order valence-electron chi connectivity index (χ3n) is 4.23. The lowest BCUT2D eigenvalue weighted by Crippen LogP contribution is -2.46. The van der Waals surface area contributed by atoms with Gasteiger partial charge in [-0.15, -0.1) is 0 Å². The van der Waals surface area contributed by atoms with Crippen LogP contribution in [0.25, 0.3) is 0 Å². The van der Waals surface area contributed by atoms with Crippen molar-refractivity contribution in [2.75, 3.05) is 0 Å². The molecule has 6 nitrogen and oxygen atoms in total. The molecular weight excluding hydrogens is 318 g/mol. The van der Waals surface area contributed by atoms with Crippen molar-refractivity contribution in [2.24, 2.45) is 5.14 Å². The molecule has 2 N–H and O–H groups in total. The van der Waals surface area contributed by atoms with Crippen molar-refractivity contribution in [1.29, 1.82) is 0 Å². The van der Waals surface area contributed by atoms with Crippen LogP contribution >= 0.6 is 0 Å². The summed E-state index contributed by atoms with van der Waals surface area (Å²) in [7, 11) is -5.97. The van der Waals surface area contributed by atoms with E-state index in [0.29, 0.717) is 5.82 Å². The van der Waals surface area contributed by atoms with Crippen LogP contribution in [-0.2, 0) is 14.4 Å². The highest BCUT2D eigenvalue weighted by Gasteiger charge is 2.43. The molecule has 1 aromatic rings. The Bertz CT molecular complexity index is 609. The molecule has 0 aliphatic heterocycles. The third kappa shape index (κ3) is 4.58. The molecule has 0 saturated carbocycles. The molecule has 0 bridgehead atoms. The molecule has 0 aliphatic carbocycles. The Morgan fingerprint density at radius 1 is 1.23 bits per heavy atom. The van der Waals surface area contributed by atoms with E-state index in [1.165, 1.54) is 6.92 Å². The normalized spacial score (nSPS) is 16.4. The molecule has 0 saturated heterocycles. The van der Waals surface area contributed by atoms with E-state index in [9.17, 15) is 8.42 Å². The van der Waals surface area contributed by atoms with Gasteiger partial charge in [0.2, 0.25) is 10.0 Å². The second kappa shape index (κ2) is 6.35. The standard InChI is InChI=1S/C14H27N3O3SSi/c1-10-8-16-13(17-9-10)12(11(2)21(15,18)19)20-22(6,7)14(3,4)5/h8-9,11-12H,1-7H3,(H2,15,18,19). The van der Waals surface area contributed by atoms with Crippen molar-refractivity contribution in [1.82, 2.24) is 9.97 Å². The van der Waals surface area contributed by atoms with Gasteiger partial charge in [0.05, 0.1) is 0 Å². The Morgan fingerprint density at radius 3 is 2.05 bits per heavy atom. The fourth-order valence-electron chi connectivity index (χ4n) is 1.57. The van der Waals surface area contributed by atoms with E-state index in [0.717, 1.165) is 5.56 Å². The van der Waals surface area contributed by atoms with Crippen molar-refractivity contribution in [3.05, 3.63) is 23.8 Å². The summed E-state index contributed by atoms with van der Waals surface area (Å²) in [6.45, 7) is 13.8. The zero-order valence-electron chi connectivity index (χ0n) is 14.4. The predicted molar refractivity (Wildman–Crippen MR) is 90.4 cm³/mol. The predicted octanol–water partition coefficient (Wildman–Crippen LogP) is 2.52. The monoisotopic (exact) mass is 345 g/mol. The van der Waals surface area contributed by atoms with Gasteiger partial charge in [-0.05, 0) is 37.5 Å². The summed E-state index contributed by atoms with van der Waals surface area (Å²) < 4.78 is 29.9. The van der Waals surface area contributed by atoms with E-state index in [2.05, 4.69) is 43.8 Å². The lowest BCUT2D eigenvalue weighted by Gasteiger charge is -2.39. The zero-order chi connectivity index (χ0) is 17.3. The van der Waals surface area contributed by atoms with Crippen molar-refractivity contribution in [2.45, 2.75) is 64.1 Å². The molecule has 2 unspecified atom stereocenters. The smallest absolute Gasteiger partial charge is 0.214 e. The summed E-state index contributed by atoms with van der Waals surface area (Å²) in [5.74, 6) is 0.358. The maximum absolute atomic E-state index is 11.8. The van der Waals surface area contributed by atoms with Gasteiger partial charge < -0.3 is 4.43 Å². The Hall–Kier alpha value is -0.833. The van der Waals surface area contributed by atoms with Crippen LogP contribution in [0.15, 0.2) is 12.4 Å². The molecule has 0 aromatic carbocycles. The highest BCUT2D eigenvalue weighted by molar-refractivity contribution is 7.89. The number of rotatable bonds is 5. The van der Waals surface area contributed by atoms with Gasteiger partial charge in [-0.1, -0.05) is 20.8 Å². The molecule has 1 rings (SSSR count). The summed E-state index contributed by atoms with van der Waals surface area (Å²) >= 11 is 0. The zero-order valence-corrected chi connectivity index (χ0v) is 16.2. The molecule has 2 atom stereocenters. The fourth-order valence-corrected chi connectivity index (χ4v) is 3.49. The van der Waals surface area contributed by atoms with E-state index in [-0.39, 0.29) is 5.04 Å². The van der Waals surface area contributed by atoms with Crippen molar-refractivity contribution in [3.8, 4) is 0 Å². The number of hydrogen-bond acceptors (Lipinski definition) is 5. The molecule has 126 valence electrons. The number of aromatic nitrogens is 2. The molecule has 0 aliphatic rings. The van der Waals surface area contributed by atoms with E-state index in [4.69, 9.17) is 9.56 Å². The average Bonchev–Trinajstić information content (AvgIpc) is 2.34. The number of hydrogen-bond donors (Lipinski definition) is 1. The van der Waals surface area contributed by atoms with Crippen LogP contribution in [0.4, 0.5) is 0 Å². The van der Waals surface area contributed by atoms with Crippen LogP contribution < -0.4 is 5.14 Å². The van der Waals surface area contributed by atoms with Gasteiger partial charge >= 0.3 is 0 Å². The van der Waals surface area contributed by atoms with Gasteiger partial charge in [0.25, 0.3) is 0 Å². The lowest BCUT2D eigenvalue weighted by atomic mass is 10.2. The van der Waals surface area contributed by atoms with Gasteiger partial charge in [-0.3, -0.25) is 0 Å². The third-order valence-corrected chi connectivity index (χ3v) is 9.97. The van der Waals surface area contributed by atoms with E-state index in [1.807, 2.05) is 6.92 Å². The van der Waals surface area contributed by atoms with Crippen LogP contribution in [0.2, 0.25) is 18.1 Å². The van der Waals surface area contributed by atoms with Gasteiger partial charge in [-0.25, -0.2) is 23.5 Å². The number of sulfonamides is 1. The van der Waals surface area contributed by atoms with Crippen LogP contribution in [-0.4, -0.2) is 32.0 Å². The summed E-state index contributed by atoms with van der Waals surface area (Å²) in [5, 5.41) is 4.35. The van der Waals surface area contributed by atoms with Gasteiger partial charge in [0.15, 0.2) is 14.1 Å². The van der Waals surface area contributed by atoms with Gasteiger partial charge in [0, 0.05) is 12.4 Å². The summed E-state index contributed by atoms with van der Waals surface area (Å²) in [4.78, 5) is 8.49. The topological polar surface area (TPSA) is 95.2 Å². The highest BCUT2D eigenvalue weighted by Crippen LogP contribution is 2.40. The first kappa shape index (κ1) is 19.2. The summed E-state index contributed by atoms with van der Waals surface area (Å²) in [5.41, 5.74) is 0.901. The molecule has 0 radical (unpaired) electrons. The summed E-state index contributed by atoms with van der Waals surface area (Å²) in [6, 6.07) is 0. The largest absolute Gasteiger partial charge is 0.405 e. The fraction of sp³-hybridized carbons (Fsp3) is 0.714. The SMILES string of the molecule is Cc1cnc(C(O[Si](C)(C)C(C)(C)C)C(C)S(N)(=O)=O)nc1. The molecule has 0 amide bonds. The Balaban J connectivity index is 3.27. The van der Waals surface area contributed by atoms with Crippen molar-refractivity contribution in [3.63, 3.8) is 0 Å². The van der Waals surface area contributed by atoms with Crippen molar-refractivity contribution < 1.29 is 12.8 Å². The Kier molecular flexibility index (Phi) is 5.54. The molecule has 1 heterocycles. The molecule has 8 heteroatoms. The minimum Gasteiger partial charge on any atom is -0.405 e. The first-order chi connectivity index (χ1) is 9.75. The second-order valence-electron chi connectivity index (χ2n) is 7.21. The highest BCUT2D eigenvalue weighted by atomic mass is 32.2. The van der Waals surface area contributed by atoms with E-state index >= 15 is 0 Å². The molecule has 22 heavy (non-hydrogen) atoms. The van der Waals surface area contributed by atoms with Crippen LogP contribution in [0, 0.1) is 6.92 Å². The summed E-state index contributed by atoms with van der Waals surface area (Å²) in [6.07, 6.45) is 2.54. The maximum atomic E-state index is 11.8. The first-order valence-electron chi connectivity index (χ1n) is 7.23.